The highest BCUT2D eigenvalue weighted by atomic mass is 16.4. The summed E-state index contributed by atoms with van der Waals surface area (Å²) >= 11 is 0. The average Bonchev–Trinajstić information content (AvgIpc) is 3.22. The minimum atomic E-state index is -0.752. The van der Waals surface area contributed by atoms with Crippen LogP contribution in [-0.4, -0.2) is 45.2 Å². The van der Waals surface area contributed by atoms with Crippen LogP contribution in [0.4, 0.5) is 0 Å². The van der Waals surface area contributed by atoms with Crippen molar-refractivity contribution >= 4 is 5.97 Å². The number of aliphatic hydroxyl groups excluding tert-OH is 3. The summed E-state index contributed by atoms with van der Waals surface area (Å²) in [5.41, 5.74) is 1.45. The van der Waals surface area contributed by atoms with Crippen LogP contribution in [0.25, 0.3) is 0 Å². The molecule has 0 aliphatic heterocycles. The Labute approximate surface area is 193 Å². The SMILES string of the molecule is CC#CCC(C)[C@H](O)/C=C/[C@H]1[C@H](O)C[C@]2(CCCCCO)C/C(=C\CCCC(=O)O)C[C@H]12. The lowest BCUT2D eigenvalue weighted by atomic mass is 9.74. The van der Waals surface area contributed by atoms with E-state index in [0.717, 1.165) is 51.4 Å². The Hall–Kier alpha value is -1.61. The third kappa shape index (κ3) is 7.47. The molecule has 2 rings (SSSR count). The van der Waals surface area contributed by atoms with Crippen molar-refractivity contribution in [3.8, 4) is 11.8 Å². The lowest BCUT2D eigenvalue weighted by molar-refractivity contribution is -0.137. The van der Waals surface area contributed by atoms with E-state index >= 15 is 0 Å². The molecule has 5 heteroatoms. The molecule has 0 heterocycles. The molecular weight excluding hydrogens is 404 g/mol. The van der Waals surface area contributed by atoms with E-state index in [9.17, 15) is 15.0 Å². The molecule has 0 aromatic heterocycles. The third-order valence-electron chi connectivity index (χ3n) is 7.45. The van der Waals surface area contributed by atoms with Crippen molar-refractivity contribution in [2.45, 2.75) is 96.7 Å². The highest BCUT2D eigenvalue weighted by molar-refractivity contribution is 5.66. The monoisotopic (exact) mass is 446 g/mol. The Balaban J connectivity index is 2.11. The fourth-order valence-electron chi connectivity index (χ4n) is 5.68. The molecule has 1 unspecified atom stereocenters. The van der Waals surface area contributed by atoms with Crippen LogP contribution in [0.15, 0.2) is 23.8 Å². The van der Waals surface area contributed by atoms with Crippen LogP contribution in [-0.2, 0) is 4.79 Å². The molecule has 32 heavy (non-hydrogen) atoms. The smallest absolute Gasteiger partial charge is 0.303 e. The highest BCUT2D eigenvalue weighted by Crippen LogP contribution is 2.61. The first-order valence-electron chi connectivity index (χ1n) is 12.3. The van der Waals surface area contributed by atoms with Crippen LogP contribution < -0.4 is 0 Å². The van der Waals surface area contributed by atoms with Gasteiger partial charge in [-0.05, 0) is 69.1 Å². The lowest BCUT2D eigenvalue weighted by Gasteiger charge is -2.30. The minimum Gasteiger partial charge on any atom is -0.481 e. The van der Waals surface area contributed by atoms with Gasteiger partial charge in [0, 0.05) is 25.4 Å². The normalized spacial score (nSPS) is 30.3. The van der Waals surface area contributed by atoms with E-state index in [4.69, 9.17) is 10.2 Å². The van der Waals surface area contributed by atoms with E-state index < -0.39 is 18.2 Å². The Morgan fingerprint density at radius 3 is 2.75 bits per heavy atom. The second kappa shape index (κ2) is 13.2. The van der Waals surface area contributed by atoms with Crippen LogP contribution in [0.3, 0.4) is 0 Å². The molecule has 2 saturated carbocycles. The predicted octanol–water partition coefficient (Wildman–Crippen LogP) is 4.46. The van der Waals surface area contributed by atoms with Gasteiger partial charge in [-0.1, -0.05) is 43.6 Å². The molecule has 5 nitrogen and oxygen atoms in total. The van der Waals surface area contributed by atoms with Crippen LogP contribution in [0.2, 0.25) is 0 Å². The van der Waals surface area contributed by atoms with Crippen LogP contribution in [0.5, 0.6) is 0 Å². The summed E-state index contributed by atoms with van der Waals surface area (Å²) in [6, 6.07) is 0. The summed E-state index contributed by atoms with van der Waals surface area (Å²) in [7, 11) is 0. The van der Waals surface area contributed by atoms with Crippen molar-refractivity contribution in [3.05, 3.63) is 23.8 Å². The zero-order valence-electron chi connectivity index (χ0n) is 19.8. The quantitative estimate of drug-likeness (QED) is 0.190. The van der Waals surface area contributed by atoms with E-state index in [-0.39, 0.29) is 30.3 Å². The number of carboxylic acid groups (broad SMARTS) is 1. The molecule has 0 radical (unpaired) electrons. The number of hydrogen-bond acceptors (Lipinski definition) is 4. The number of rotatable bonds is 13. The molecule has 6 atom stereocenters. The van der Waals surface area contributed by atoms with Crippen molar-refractivity contribution in [1.82, 2.24) is 0 Å². The number of carbonyl (C=O) groups is 1. The van der Waals surface area contributed by atoms with E-state index in [1.807, 2.05) is 19.1 Å². The second-order valence-electron chi connectivity index (χ2n) is 9.86. The number of aliphatic carboxylic acids is 1. The minimum absolute atomic E-state index is 0.0249. The van der Waals surface area contributed by atoms with Gasteiger partial charge in [-0.25, -0.2) is 0 Å². The van der Waals surface area contributed by atoms with Crippen molar-refractivity contribution in [2.75, 3.05) is 6.61 Å². The van der Waals surface area contributed by atoms with E-state index in [1.54, 1.807) is 6.92 Å². The van der Waals surface area contributed by atoms with Gasteiger partial charge in [0.2, 0.25) is 0 Å². The summed E-state index contributed by atoms with van der Waals surface area (Å²) in [5, 5.41) is 39.4. The van der Waals surface area contributed by atoms with Crippen LogP contribution >= 0.6 is 0 Å². The molecule has 2 fully saturated rings. The van der Waals surface area contributed by atoms with Crippen molar-refractivity contribution in [3.63, 3.8) is 0 Å². The highest BCUT2D eigenvalue weighted by Gasteiger charge is 2.55. The number of fused-ring (bicyclic) bond motifs is 1. The van der Waals surface area contributed by atoms with Gasteiger partial charge in [0.25, 0.3) is 0 Å². The molecule has 0 saturated heterocycles. The van der Waals surface area contributed by atoms with E-state index in [0.29, 0.717) is 18.8 Å². The molecule has 0 spiro atoms. The fraction of sp³-hybridized carbons (Fsp3) is 0.741. The van der Waals surface area contributed by atoms with Gasteiger partial charge >= 0.3 is 5.97 Å². The van der Waals surface area contributed by atoms with Gasteiger partial charge in [0.1, 0.15) is 0 Å². The molecule has 2 aliphatic carbocycles. The van der Waals surface area contributed by atoms with Crippen LogP contribution in [0.1, 0.15) is 84.5 Å². The molecule has 180 valence electrons. The van der Waals surface area contributed by atoms with Crippen LogP contribution in [0, 0.1) is 35.0 Å². The third-order valence-corrected chi connectivity index (χ3v) is 7.45. The van der Waals surface area contributed by atoms with E-state index in [1.165, 1.54) is 5.57 Å². The summed E-state index contributed by atoms with van der Waals surface area (Å²) in [4.78, 5) is 10.8. The molecule has 4 N–H and O–H groups in total. The molecule has 0 bridgehead atoms. The van der Waals surface area contributed by atoms with E-state index in [2.05, 4.69) is 17.9 Å². The molecule has 2 aliphatic rings. The Bertz CT molecular complexity index is 715. The van der Waals surface area contributed by atoms with Gasteiger partial charge in [-0.3, -0.25) is 4.79 Å². The van der Waals surface area contributed by atoms with Gasteiger partial charge in [0.15, 0.2) is 0 Å². The molecule has 0 aromatic rings. The lowest BCUT2D eigenvalue weighted by Crippen LogP contribution is -2.23. The maximum atomic E-state index is 10.9. The first-order valence-corrected chi connectivity index (χ1v) is 12.3. The number of aliphatic hydroxyl groups is 3. The molecule has 0 aromatic carbocycles. The van der Waals surface area contributed by atoms with Crippen molar-refractivity contribution < 1.29 is 25.2 Å². The first-order chi connectivity index (χ1) is 15.3. The number of hydrogen-bond donors (Lipinski definition) is 4. The number of unbranched alkanes of at least 4 members (excludes halogenated alkanes) is 3. The maximum Gasteiger partial charge on any atom is 0.303 e. The van der Waals surface area contributed by atoms with Crippen molar-refractivity contribution in [1.29, 1.82) is 0 Å². The standard InChI is InChI=1S/C27H42O5/c1-3-4-10-20(2)24(29)14-13-22-23-17-21(11-6-7-12-26(31)32)18-27(23,19-25(22)30)15-8-5-9-16-28/h11,13-14,20,22-25,28-30H,5-10,12,15-19H2,1-2H3,(H,31,32)/b14-13+,21-11-/t20?,22-,23-,24-,25-,27+/m1/s1. The zero-order valence-corrected chi connectivity index (χ0v) is 19.8. The predicted molar refractivity (Wildman–Crippen MR) is 127 cm³/mol. The van der Waals surface area contributed by atoms with Gasteiger partial charge in [0.05, 0.1) is 12.2 Å². The Morgan fingerprint density at radius 2 is 2.06 bits per heavy atom. The summed E-state index contributed by atoms with van der Waals surface area (Å²) in [5.74, 6) is 5.56. The summed E-state index contributed by atoms with van der Waals surface area (Å²) < 4.78 is 0. The van der Waals surface area contributed by atoms with Gasteiger partial charge < -0.3 is 20.4 Å². The van der Waals surface area contributed by atoms with Gasteiger partial charge in [-0.15, -0.1) is 11.8 Å². The largest absolute Gasteiger partial charge is 0.481 e. The first kappa shape index (κ1) is 26.6. The summed E-state index contributed by atoms with van der Waals surface area (Å²) in [6.45, 7) is 4.01. The Kier molecular flexibility index (Phi) is 11.0. The number of carboxylic acids is 1. The zero-order chi connectivity index (χ0) is 23.6. The van der Waals surface area contributed by atoms with Crippen molar-refractivity contribution in [2.24, 2.45) is 23.2 Å². The summed E-state index contributed by atoms with van der Waals surface area (Å²) in [6.07, 6.45) is 14.0. The molecular formula is C27H42O5. The fourth-order valence-corrected chi connectivity index (χ4v) is 5.68. The number of allylic oxidation sites excluding steroid dienone is 2. The maximum absolute atomic E-state index is 10.9. The van der Waals surface area contributed by atoms with Gasteiger partial charge in [-0.2, -0.15) is 0 Å². The second-order valence-corrected chi connectivity index (χ2v) is 9.86. The average molecular weight is 447 g/mol. The topological polar surface area (TPSA) is 98.0 Å². The molecule has 0 amide bonds. The Morgan fingerprint density at radius 1 is 1.28 bits per heavy atom.